The number of ether oxygens (including phenoxy) is 3. The van der Waals surface area contributed by atoms with Crippen molar-refractivity contribution in [1.29, 1.82) is 0 Å². The monoisotopic (exact) mass is 939 g/mol. The topological polar surface area (TPSA) is 78.9 Å². The van der Waals surface area contributed by atoms with Gasteiger partial charge in [-0.25, -0.2) is 0 Å². The van der Waals surface area contributed by atoms with Crippen LogP contribution < -0.4 is 0 Å². The van der Waals surface area contributed by atoms with Gasteiger partial charge in [0.25, 0.3) is 0 Å². The van der Waals surface area contributed by atoms with Crippen LogP contribution in [0.3, 0.4) is 0 Å². The van der Waals surface area contributed by atoms with Crippen molar-refractivity contribution < 1.29 is 28.6 Å². The van der Waals surface area contributed by atoms with Gasteiger partial charge in [0.05, 0.1) is 0 Å². The van der Waals surface area contributed by atoms with E-state index >= 15 is 0 Å². The van der Waals surface area contributed by atoms with Gasteiger partial charge in [0.1, 0.15) is 13.2 Å². The molecule has 69 heavy (non-hydrogen) atoms. The van der Waals surface area contributed by atoms with Crippen LogP contribution in [-0.4, -0.2) is 37.2 Å². The second-order valence-electron chi connectivity index (χ2n) is 15.7. The molecule has 0 saturated heterocycles. The molecule has 0 bridgehead atoms. The molecule has 0 spiro atoms. The lowest BCUT2D eigenvalue weighted by molar-refractivity contribution is -0.167. The fourth-order valence-corrected chi connectivity index (χ4v) is 5.71. The van der Waals surface area contributed by atoms with Gasteiger partial charge in [-0.15, -0.1) is 0 Å². The summed E-state index contributed by atoms with van der Waals surface area (Å²) in [5, 5.41) is 0. The molecule has 0 N–H and O–H groups in total. The molecule has 1 atom stereocenters. The number of esters is 3. The van der Waals surface area contributed by atoms with Gasteiger partial charge in [0, 0.05) is 19.3 Å². The molecule has 1 unspecified atom stereocenters. The van der Waals surface area contributed by atoms with Gasteiger partial charge in [-0.1, -0.05) is 259 Å². The summed E-state index contributed by atoms with van der Waals surface area (Å²) in [6, 6.07) is 0. The van der Waals surface area contributed by atoms with Crippen molar-refractivity contribution in [3.05, 3.63) is 219 Å². The Morgan fingerprint density at radius 1 is 0.290 bits per heavy atom. The van der Waals surface area contributed by atoms with E-state index in [1.54, 1.807) is 0 Å². The standard InChI is InChI=1S/C63H86O6/c1-4-7-10-13-16-19-22-25-28-30-31-33-35-38-41-44-47-50-53-56-62(65)68-59-60(58-67-61(64)55-52-49-46-43-40-37-34-27-24-21-18-15-12-9-6-3)69-63(66)57-54-51-48-45-42-39-36-32-29-26-23-20-17-14-11-8-5-2/h7-42,60H,4-6,43-59H2,1-3H3/b10-7-,11-8-,12-9-,16-13-,17-14-,18-15-,22-19-,23-20-,24-21-,28-25-,29-26-,31-30+,34-27-,35-33-,36-32+,40-37-,41-38-,42-39-. The van der Waals surface area contributed by atoms with Gasteiger partial charge in [0.2, 0.25) is 0 Å². The van der Waals surface area contributed by atoms with E-state index in [1.807, 2.05) is 182 Å². The molecule has 374 valence electrons. The van der Waals surface area contributed by atoms with E-state index in [4.69, 9.17) is 14.2 Å². The Kier molecular flexibility index (Phi) is 49.4. The molecule has 0 aromatic carbocycles. The highest BCUT2D eigenvalue weighted by molar-refractivity contribution is 5.71. The van der Waals surface area contributed by atoms with Gasteiger partial charge in [-0.3, -0.25) is 14.4 Å². The van der Waals surface area contributed by atoms with Crippen molar-refractivity contribution in [1.82, 2.24) is 0 Å². The maximum Gasteiger partial charge on any atom is 0.306 e. The Balaban J connectivity index is 4.73. The molecule has 0 aromatic heterocycles. The molecule has 0 aliphatic rings. The van der Waals surface area contributed by atoms with Crippen molar-refractivity contribution in [2.45, 2.75) is 142 Å². The molecule has 0 rings (SSSR count). The first kappa shape index (κ1) is 62.7. The maximum absolute atomic E-state index is 12.8. The van der Waals surface area contributed by atoms with E-state index in [0.29, 0.717) is 19.3 Å². The summed E-state index contributed by atoms with van der Waals surface area (Å²) in [5.74, 6) is -1.10. The predicted octanol–water partition coefficient (Wildman–Crippen LogP) is 17.1. The van der Waals surface area contributed by atoms with Crippen LogP contribution in [0.2, 0.25) is 0 Å². The van der Waals surface area contributed by atoms with Crippen molar-refractivity contribution in [2.75, 3.05) is 13.2 Å². The molecule has 0 radical (unpaired) electrons. The highest BCUT2D eigenvalue weighted by atomic mass is 16.6. The Labute approximate surface area is 419 Å². The van der Waals surface area contributed by atoms with Crippen LogP contribution in [0.15, 0.2) is 219 Å². The molecule has 6 heteroatoms. The molecule has 0 heterocycles. The van der Waals surface area contributed by atoms with Gasteiger partial charge in [-0.05, 0) is 77.0 Å². The first-order valence-corrected chi connectivity index (χ1v) is 25.5. The third kappa shape index (κ3) is 52.6. The third-order valence-electron chi connectivity index (χ3n) is 9.44. The van der Waals surface area contributed by atoms with E-state index in [9.17, 15) is 14.4 Å². The SMILES string of the molecule is CC\C=C/C=C\C=C/C=C\C=C/CCCCCC(=O)OCC(COC(=O)CCCCC\C=C/C=C\C=C\C=C/C=C\C=C/C=C\CC)OC(=O)CCCCC\C=C/C=C/C=C\C=C/C=C\C=C/CC. The Morgan fingerprint density at radius 3 is 0.783 bits per heavy atom. The van der Waals surface area contributed by atoms with Crippen LogP contribution in [0.1, 0.15) is 136 Å². The van der Waals surface area contributed by atoms with Crippen LogP contribution in [0, 0.1) is 0 Å². The van der Waals surface area contributed by atoms with Gasteiger partial charge in [-0.2, -0.15) is 0 Å². The Morgan fingerprint density at radius 2 is 0.522 bits per heavy atom. The van der Waals surface area contributed by atoms with Gasteiger partial charge < -0.3 is 14.2 Å². The number of unbranched alkanes of at least 4 members (excludes halogenated alkanes) is 9. The fraction of sp³-hybridized carbons (Fsp3) is 0.381. The molecular formula is C63H86O6. The van der Waals surface area contributed by atoms with E-state index in [1.165, 1.54) is 0 Å². The van der Waals surface area contributed by atoms with Crippen LogP contribution in [-0.2, 0) is 28.6 Å². The number of allylic oxidation sites excluding steroid dienone is 36. The van der Waals surface area contributed by atoms with Crippen molar-refractivity contribution in [3.63, 3.8) is 0 Å². The van der Waals surface area contributed by atoms with E-state index in [-0.39, 0.29) is 44.4 Å². The molecule has 0 fully saturated rings. The maximum atomic E-state index is 12.8. The summed E-state index contributed by atoms with van der Waals surface area (Å²) in [5.41, 5.74) is 0. The molecule has 0 aliphatic carbocycles. The third-order valence-corrected chi connectivity index (χ3v) is 9.44. The zero-order chi connectivity index (χ0) is 50.0. The first-order chi connectivity index (χ1) is 34.0. The fourth-order valence-electron chi connectivity index (χ4n) is 5.71. The second kappa shape index (κ2) is 54.3. The zero-order valence-corrected chi connectivity index (χ0v) is 42.5. The smallest absolute Gasteiger partial charge is 0.306 e. The van der Waals surface area contributed by atoms with Gasteiger partial charge >= 0.3 is 17.9 Å². The van der Waals surface area contributed by atoms with E-state index in [2.05, 4.69) is 57.2 Å². The second-order valence-corrected chi connectivity index (χ2v) is 15.7. The largest absolute Gasteiger partial charge is 0.462 e. The van der Waals surface area contributed by atoms with E-state index in [0.717, 1.165) is 77.0 Å². The Bertz CT molecular complexity index is 1840. The summed E-state index contributed by atoms with van der Waals surface area (Å²) in [6.45, 7) is 6.04. The molecule has 0 aliphatic heterocycles. The number of carbonyl (C=O) groups is 3. The zero-order valence-electron chi connectivity index (χ0n) is 42.5. The minimum absolute atomic E-state index is 0.149. The molecule has 0 amide bonds. The Hall–Kier alpha value is -6.27. The van der Waals surface area contributed by atoms with E-state index < -0.39 is 12.1 Å². The lowest BCUT2D eigenvalue weighted by Crippen LogP contribution is -2.30. The van der Waals surface area contributed by atoms with Crippen molar-refractivity contribution in [2.24, 2.45) is 0 Å². The van der Waals surface area contributed by atoms with Crippen molar-refractivity contribution in [3.8, 4) is 0 Å². The lowest BCUT2D eigenvalue weighted by atomic mass is 10.1. The highest BCUT2D eigenvalue weighted by Crippen LogP contribution is 2.10. The lowest BCUT2D eigenvalue weighted by Gasteiger charge is -2.18. The van der Waals surface area contributed by atoms with Gasteiger partial charge in [0.15, 0.2) is 6.10 Å². The average molecular weight is 939 g/mol. The normalized spacial score (nSPS) is 14.0. The van der Waals surface area contributed by atoms with Crippen molar-refractivity contribution >= 4 is 17.9 Å². The molecular weight excluding hydrogens is 853 g/mol. The van der Waals surface area contributed by atoms with Crippen LogP contribution in [0.5, 0.6) is 0 Å². The highest BCUT2D eigenvalue weighted by Gasteiger charge is 2.19. The molecule has 0 aromatic rings. The summed E-state index contributed by atoms with van der Waals surface area (Å²) in [7, 11) is 0. The minimum atomic E-state index is -0.854. The summed E-state index contributed by atoms with van der Waals surface area (Å²) in [6.07, 6.45) is 86.2. The number of carbonyl (C=O) groups excluding carboxylic acids is 3. The minimum Gasteiger partial charge on any atom is -0.462 e. The summed E-state index contributed by atoms with van der Waals surface area (Å²) in [4.78, 5) is 38.0. The summed E-state index contributed by atoms with van der Waals surface area (Å²) < 4.78 is 16.7. The van der Waals surface area contributed by atoms with Crippen LogP contribution in [0.25, 0.3) is 0 Å². The molecule has 6 nitrogen and oxygen atoms in total. The summed E-state index contributed by atoms with van der Waals surface area (Å²) >= 11 is 0. The average Bonchev–Trinajstić information content (AvgIpc) is 3.35. The number of hydrogen-bond acceptors (Lipinski definition) is 6. The molecule has 0 saturated carbocycles. The first-order valence-electron chi connectivity index (χ1n) is 25.5. The predicted molar refractivity (Wildman–Crippen MR) is 296 cm³/mol. The quantitative estimate of drug-likeness (QED) is 0.0263. The van der Waals surface area contributed by atoms with Crippen LogP contribution in [0.4, 0.5) is 0 Å². The van der Waals surface area contributed by atoms with Crippen LogP contribution >= 0.6 is 0 Å². The number of hydrogen-bond donors (Lipinski definition) is 0. The number of rotatable bonds is 41.